The molecule has 0 aromatic carbocycles. The molecule has 4 nitrogen and oxygen atoms in total. The lowest BCUT2D eigenvalue weighted by atomic mass is 9.97. The molecule has 0 aromatic heterocycles. The Bertz CT molecular complexity index is 358. The van der Waals surface area contributed by atoms with E-state index in [1.54, 1.807) is 0 Å². The molecule has 0 rings (SSSR count). The van der Waals surface area contributed by atoms with Crippen LogP contribution in [-0.4, -0.2) is 25.2 Å². The highest BCUT2D eigenvalue weighted by Gasteiger charge is 2.14. The summed E-state index contributed by atoms with van der Waals surface area (Å²) in [6, 6.07) is 0. The predicted molar refractivity (Wildman–Crippen MR) is 121 cm³/mol. The van der Waals surface area contributed by atoms with Crippen molar-refractivity contribution in [2.24, 2.45) is 11.8 Å². The molecule has 0 aliphatic rings. The average molecular weight is 413 g/mol. The Labute approximate surface area is 180 Å². The van der Waals surface area contributed by atoms with E-state index < -0.39 is 0 Å². The maximum absolute atomic E-state index is 12.0. The molecule has 0 aliphatic heterocycles. The van der Waals surface area contributed by atoms with Gasteiger partial charge in [0.15, 0.2) is 0 Å². The Hall–Kier alpha value is -1.06. The first-order valence-corrected chi connectivity index (χ1v) is 12.4. The van der Waals surface area contributed by atoms with Gasteiger partial charge in [0, 0.05) is 12.8 Å². The lowest BCUT2D eigenvalue weighted by Gasteiger charge is -2.16. The van der Waals surface area contributed by atoms with Crippen LogP contribution >= 0.6 is 0 Å². The second kappa shape index (κ2) is 20.2. The quantitative estimate of drug-likeness (QED) is 0.156. The van der Waals surface area contributed by atoms with Gasteiger partial charge in [-0.25, -0.2) is 0 Å². The van der Waals surface area contributed by atoms with Gasteiger partial charge in [-0.15, -0.1) is 0 Å². The van der Waals surface area contributed by atoms with Crippen LogP contribution < -0.4 is 0 Å². The molecule has 4 heteroatoms. The van der Waals surface area contributed by atoms with Gasteiger partial charge in [0.05, 0.1) is 13.2 Å². The fraction of sp³-hybridized carbons (Fsp3) is 0.920. The molecule has 29 heavy (non-hydrogen) atoms. The third-order valence-corrected chi connectivity index (χ3v) is 5.55. The number of hydrogen-bond acceptors (Lipinski definition) is 4. The van der Waals surface area contributed by atoms with Gasteiger partial charge >= 0.3 is 11.9 Å². The molecule has 172 valence electrons. The van der Waals surface area contributed by atoms with Gasteiger partial charge in [-0.05, 0) is 43.9 Å². The van der Waals surface area contributed by atoms with Crippen molar-refractivity contribution in [3.8, 4) is 0 Å². The molecule has 0 bridgehead atoms. The van der Waals surface area contributed by atoms with E-state index in [2.05, 4.69) is 27.7 Å². The summed E-state index contributed by atoms with van der Waals surface area (Å²) in [6.45, 7) is 9.81. The van der Waals surface area contributed by atoms with Gasteiger partial charge < -0.3 is 9.47 Å². The van der Waals surface area contributed by atoms with Crippen LogP contribution in [0.15, 0.2) is 0 Å². The van der Waals surface area contributed by atoms with E-state index in [4.69, 9.17) is 9.47 Å². The second-order valence-corrected chi connectivity index (χ2v) is 8.52. The van der Waals surface area contributed by atoms with Gasteiger partial charge in [0.2, 0.25) is 0 Å². The van der Waals surface area contributed by atoms with Gasteiger partial charge in [-0.1, -0.05) is 79.1 Å². The SMILES string of the molecule is CCCCCC(CCC)COC(=O)CCCC(=O)OCC(CCC)CCCCC. The van der Waals surface area contributed by atoms with Crippen LogP contribution in [0.5, 0.6) is 0 Å². The van der Waals surface area contributed by atoms with Gasteiger partial charge in [0.1, 0.15) is 0 Å². The summed E-state index contributed by atoms with van der Waals surface area (Å²) in [4.78, 5) is 24.0. The number of carbonyl (C=O) groups is 2. The molecule has 0 N–H and O–H groups in total. The second-order valence-electron chi connectivity index (χ2n) is 8.52. The highest BCUT2D eigenvalue weighted by Crippen LogP contribution is 2.18. The zero-order chi connectivity index (χ0) is 21.7. The van der Waals surface area contributed by atoms with Crippen molar-refractivity contribution in [1.82, 2.24) is 0 Å². The third kappa shape index (κ3) is 17.5. The molecule has 0 radical (unpaired) electrons. The number of ether oxygens (including phenoxy) is 2. The summed E-state index contributed by atoms with van der Waals surface area (Å²) in [5.41, 5.74) is 0. The Morgan fingerprint density at radius 3 is 1.31 bits per heavy atom. The maximum atomic E-state index is 12.0. The number of carbonyl (C=O) groups excluding carboxylic acids is 2. The van der Waals surface area contributed by atoms with E-state index in [1.807, 2.05) is 0 Å². The highest BCUT2D eigenvalue weighted by molar-refractivity contribution is 5.72. The minimum absolute atomic E-state index is 0.183. The molecule has 0 spiro atoms. The Kier molecular flexibility index (Phi) is 19.5. The molecule has 0 saturated heterocycles. The molecular weight excluding hydrogens is 364 g/mol. The first-order chi connectivity index (χ1) is 14.1. The Morgan fingerprint density at radius 1 is 0.552 bits per heavy atom. The Balaban J connectivity index is 3.95. The van der Waals surface area contributed by atoms with Crippen LogP contribution in [0.25, 0.3) is 0 Å². The fourth-order valence-corrected chi connectivity index (χ4v) is 3.75. The van der Waals surface area contributed by atoms with Crippen LogP contribution in [0, 0.1) is 11.8 Å². The van der Waals surface area contributed by atoms with Crippen LogP contribution in [0.2, 0.25) is 0 Å². The smallest absolute Gasteiger partial charge is 0.305 e. The van der Waals surface area contributed by atoms with E-state index in [9.17, 15) is 9.59 Å². The molecule has 0 amide bonds. The van der Waals surface area contributed by atoms with E-state index >= 15 is 0 Å². The summed E-state index contributed by atoms with van der Waals surface area (Å²) in [5.74, 6) is 0.586. The molecular formula is C25H48O4. The average Bonchev–Trinajstić information content (AvgIpc) is 2.70. The lowest BCUT2D eigenvalue weighted by molar-refractivity contribution is -0.147. The number of unbranched alkanes of at least 4 members (excludes halogenated alkanes) is 4. The third-order valence-electron chi connectivity index (χ3n) is 5.55. The van der Waals surface area contributed by atoms with E-state index in [0.29, 0.717) is 44.3 Å². The topological polar surface area (TPSA) is 52.6 Å². The summed E-state index contributed by atoms with van der Waals surface area (Å²) in [5, 5.41) is 0. The van der Waals surface area contributed by atoms with Crippen LogP contribution in [0.4, 0.5) is 0 Å². The van der Waals surface area contributed by atoms with Gasteiger partial charge in [-0.3, -0.25) is 9.59 Å². The van der Waals surface area contributed by atoms with Gasteiger partial charge in [0.25, 0.3) is 0 Å². The first-order valence-electron chi connectivity index (χ1n) is 12.4. The first kappa shape index (κ1) is 27.9. The fourth-order valence-electron chi connectivity index (χ4n) is 3.75. The molecule has 2 atom stereocenters. The van der Waals surface area contributed by atoms with Crippen molar-refractivity contribution in [3.63, 3.8) is 0 Å². The van der Waals surface area contributed by atoms with Crippen molar-refractivity contribution >= 4 is 11.9 Å². The zero-order valence-electron chi connectivity index (χ0n) is 19.8. The molecule has 2 unspecified atom stereocenters. The standard InChI is InChI=1S/C25H48O4/c1-5-9-11-16-22(14-7-3)20-28-24(26)18-13-19-25(27)29-21-23(15-8-4)17-12-10-6-2/h22-23H,5-21H2,1-4H3. The van der Waals surface area contributed by atoms with Crippen molar-refractivity contribution < 1.29 is 19.1 Å². The van der Waals surface area contributed by atoms with Gasteiger partial charge in [-0.2, -0.15) is 0 Å². The minimum Gasteiger partial charge on any atom is -0.465 e. The Morgan fingerprint density at radius 2 is 0.966 bits per heavy atom. The molecule has 0 heterocycles. The summed E-state index contributed by atoms with van der Waals surface area (Å²) in [6.07, 6.45) is 15.2. The molecule has 0 aromatic rings. The lowest BCUT2D eigenvalue weighted by Crippen LogP contribution is -2.16. The van der Waals surface area contributed by atoms with E-state index in [0.717, 1.165) is 38.5 Å². The van der Waals surface area contributed by atoms with E-state index in [-0.39, 0.29) is 11.9 Å². The summed E-state index contributed by atoms with van der Waals surface area (Å²) in [7, 11) is 0. The number of hydrogen-bond donors (Lipinski definition) is 0. The van der Waals surface area contributed by atoms with Crippen molar-refractivity contribution in [3.05, 3.63) is 0 Å². The number of rotatable bonds is 20. The molecule has 0 aliphatic carbocycles. The summed E-state index contributed by atoms with van der Waals surface area (Å²) < 4.78 is 10.9. The van der Waals surface area contributed by atoms with Crippen molar-refractivity contribution in [1.29, 1.82) is 0 Å². The number of esters is 2. The molecule has 0 saturated carbocycles. The van der Waals surface area contributed by atoms with Crippen LogP contribution in [0.3, 0.4) is 0 Å². The molecule has 0 fully saturated rings. The van der Waals surface area contributed by atoms with Crippen molar-refractivity contribution in [2.75, 3.05) is 13.2 Å². The summed E-state index contributed by atoms with van der Waals surface area (Å²) >= 11 is 0. The normalized spacial score (nSPS) is 13.1. The monoisotopic (exact) mass is 412 g/mol. The predicted octanol–water partition coefficient (Wildman–Crippen LogP) is 7.24. The van der Waals surface area contributed by atoms with Crippen LogP contribution in [0.1, 0.15) is 124 Å². The highest BCUT2D eigenvalue weighted by atomic mass is 16.5. The van der Waals surface area contributed by atoms with Crippen LogP contribution in [-0.2, 0) is 19.1 Å². The maximum Gasteiger partial charge on any atom is 0.305 e. The zero-order valence-corrected chi connectivity index (χ0v) is 19.8. The largest absolute Gasteiger partial charge is 0.465 e. The van der Waals surface area contributed by atoms with E-state index in [1.165, 1.54) is 38.5 Å². The minimum atomic E-state index is -0.183. The van der Waals surface area contributed by atoms with Crippen molar-refractivity contribution in [2.45, 2.75) is 124 Å².